The van der Waals surface area contributed by atoms with E-state index in [9.17, 15) is 9.59 Å². The summed E-state index contributed by atoms with van der Waals surface area (Å²) in [4.78, 5) is 27.3. The molecule has 2 aromatic heterocycles. The zero-order chi connectivity index (χ0) is 19.8. The molecule has 0 bridgehead atoms. The second-order valence-electron chi connectivity index (χ2n) is 8.72. The molecule has 1 amide bonds. The highest BCUT2D eigenvalue weighted by Crippen LogP contribution is 2.27. The first-order valence-corrected chi connectivity index (χ1v) is 11.1. The van der Waals surface area contributed by atoms with Gasteiger partial charge in [0.05, 0.1) is 11.4 Å². The van der Waals surface area contributed by atoms with E-state index in [-0.39, 0.29) is 11.5 Å². The van der Waals surface area contributed by atoms with Crippen LogP contribution in [0.2, 0.25) is 0 Å². The molecule has 1 fully saturated rings. The van der Waals surface area contributed by atoms with Crippen LogP contribution in [0.1, 0.15) is 71.6 Å². The molecule has 3 aliphatic rings. The number of aromatic nitrogens is 3. The number of carbonyl (C=O) groups excluding carboxylic acids is 1. The third kappa shape index (κ3) is 3.63. The molecule has 0 aromatic carbocycles. The lowest BCUT2D eigenvalue weighted by molar-refractivity contribution is 0.0637. The van der Waals surface area contributed by atoms with Crippen molar-refractivity contribution in [3.8, 4) is 0 Å². The Morgan fingerprint density at radius 1 is 1.03 bits per heavy atom. The van der Waals surface area contributed by atoms with Crippen LogP contribution in [-0.4, -0.2) is 38.8 Å². The number of rotatable bonds is 3. The van der Waals surface area contributed by atoms with Gasteiger partial charge in [-0.25, -0.2) is 4.68 Å². The summed E-state index contributed by atoms with van der Waals surface area (Å²) < 4.78 is 7.08. The second kappa shape index (κ2) is 7.76. The van der Waals surface area contributed by atoms with Gasteiger partial charge in [-0.05, 0) is 75.7 Å². The van der Waals surface area contributed by atoms with Crippen molar-refractivity contribution in [1.29, 1.82) is 0 Å². The summed E-state index contributed by atoms with van der Waals surface area (Å²) in [5, 5.41) is 8.77. The first kappa shape index (κ1) is 18.6. The fraction of sp³-hybridized carbons (Fsp3) is 0.636. The van der Waals surface area contributed by atoms with Crippen molar-refractivity contribution in [3.05, 3.63) is 44.7 Å². The van der Waals surface area contributed by atoms with E-state index < -0.39 is 0 Å². The highest BCUT2D eigenvalue weighted by molar-refractivity contribution is 5.93. The predicted molar refractivity (Wildman–Crippen MR) is 107 cm³/mol. The first-order chi connectivity index (χ1) is 14.2. The van der Waals surface area contributed by atoms with Crippen LogP contribution in [0.3, 0.4) is 0 Å². The van der Waals surface area contributed by atoms with E-state index in [4.69, 9.17) is 4.52 Å². The minimum absolute atomic E-state index is 0.0115. The molecule has 0 radical (unpaired) electrons. The second-order valence-corrected chi connectivity index (χ2v) is 8.72. The topological polar surface area (TPSA) is 81.2 Å². The zero-order valence-corrected chi connectivity index (χ0v) is 16.9. The standard InChI is InChI=1S/C22H28N4O3/c27-20-13-16-5-1-3-7-18(16)23-26(20)14-15-9-11-25(12-10-15)22(28)21-17-6-2-4-8-19(17)24-29-21/h13,15H,1-12,14H2. The summed E-state index contributed by atoms with van der Waals surface area (Å²) in [7, 11) is 0. The molecule has 1 aliphatic heterocycles. The lowest BCUT2D eigenvalue weighted by Crippen LogP contribution is -2.40. The van der Waals surface area contributed by atoms with E-state index in [1.807, 2.05) is 4.90 Å². The van der Waals surface area contributed by atoms with Crippen LogP contribution in [0.25, 0.3) is 0 Å². The first-order valence-electron chi connectivity index (χ1n) is 11.1. The van der Waals surface area contributed by atoms with Gasteiger partial charge >= 0.3 is 0 Å². The molecular formula is C22H28N4O3. The summed E-state index contributed by atoms with van der Waals surface area (Å²) in [5.74, 6) is 0.795. The largest absolute Gasteiger partial charge is 0.350 e. The van der Waals surface area contributed by atoms with Crippen LogP contribution < -0.4 is 5.56 Å². The summed E-state index contributed by atoms with van der Waals surface area (Å²) in [6.07, 6.45) is 10.0. The molecule has 0 spiro atoms. The Hall–Kier alpha value is -2.44. The number of amides is 1. The summed E-state index contributed by atoms with van der Waals surface area (Å²) in [6, 6.07) is 1.78. The molecule has 0 unspecified atom stereocenters. The van der Waals surface area contributed by atoms with E-state index in [1.54, 1.807) is 10.7 Å². The van der Waals surface area contributed by atoms with Crippen molar-refractivity contribution in [3.63, 3.8) is 0 Å². The van der Waals surface area contributed by atoms with Crippen molar-refractivity contribution in [2.24, 2.45) is 5.92 Å². The smallest absolute Gasteiger partial charge is 0.292 e. The lowest BCUT2D eigenvalue weighted by atomic mass is 9.94. The molecule has 2 aliphatic carbocycles. The van der Waals surface area contributed by atoms with Crippen molar-refractivity contribution in [2.45, 2.75) is 70.8 Å². The summed E-state index contributed by atoms with van der Waals surface area (Å²) in [5.41, 5.74) is 4.23. The SMILES string of the molecule is O=C(c1onc2c1CCCC2)N1CCC(Cn2nc3c(cc2=O)CCCC3)CC1. The van der Waals surface area contributed by atoms with Gasteiger partial charge in [-0.3, -0.25) is 9.59 Å². The summed E-state index contributed by atoms with van der Waals surface area (Å²) >= 11 is 0. The van der Waals surface area contributed by atoms with Crippen molar-refractivity contribution in [1.82, 2.24) is 19.8 Å². The normalized spacial score (nSPS) is 19.7. The number of hydrogen-bond donors (Lipinski definition) is 0. The zero-order valence-electron chi connectivity index (χ0n) is 16.9. The maximum atomic E-state index is 12.9. The fourth-order valence-electron chi connectivity index (χ4n) is 5.00. The lowest BCUT2D eigenvalue weighted by Gasteiger charge is -2.31. The number of likely N-dealkylation sites (tertiary alicyclic amines) is 1. The van der Waals surface area contributed by atoms with Gasteiger partial charge in [-0.2, -0.15) is 5.10 Å². The van der Waals surface area contributed by atoms with Gasteiger partial charge in [0.15, 0.2) is 0 Å². The predicted octanol–water partition coefficient (Wildman–Crippen LogP) is 2.54. The molecule has 7 heteroatoms. The van der Waals surface area contributed by atoms with Gasteiger partial charge in [0.25, 0.3) is 11.5 Å². The van der Waals surface area contributed by atoms with Crippen LogP contribution >= 0.6 is 0 Å². The number of piperidine rings is 1. The quantitative estimate of drug-likeness (QED) is 0.796. The van der Waals surface area contributed by atoms with Crippen molar-refractivity contribution < 1.29 is 9.32 Å². The molecule has 2 aromatic rings. The Balaban J connectivity index is 1.23. The molecule has 7 nitrogen and oxygen atoms in total. The molecule has 154 valence electrons. The van der Waals surface area contributed by atoms with E-state index >= 15 is 0 Å². The monoisotopic (exact) mass is 396 g/mol. The van der Waals surface area contributed by atoms with E-state index in [2.05, 4.69) is 10.3 Å². The number of nitrogens with zero attached hydrogens (tertiary/aromatic N) is 4. The van der Waals surface area contributed by atoms with Gasteiger partial charge < -0.3 is 9.42 Å². The summed E-state index contributed by atoms with van der Waals surface area (Å²) in [6.45, 7) is 2.03. The maximum Gasteiger partial charge on any atom is 0.292 e. The van der Waals surface area contributed by atoms with Crippen LogP contribution in [-0.2, 0) is 32.2 Å². The molecular weight excluding hydrogens is 368 g/mol. The Kier molecular flexibility index (Phi) is 4.97. The number of hydrogen-bond acceptors (Lipinski definition) is 5. The Labute approximate surface area is 170 Å². The highest BCUT2D eigenvalue weighted by atomic mass is 16.5. The van der Waals surface area contributed by atoms with Gasteiger partial charge in [0, 0.05) is 31.3 Å². The molecule has 1 saturated heterocycles. The maximum absolute atomic E-state index is 12.9. The molecule has 0 N–H and O–H groups in total. The van der Waals surface area contributed by atoms with Crippen molar-refractivity contribution >= 4 is 5.91 Å². The van der Waals surface area contributed by atoms with E-state index in [0.717, 1.165) is 86.7 Å². The van der Waals surface area contributed by atoms with Gasteiger partial charge in [0.2, 0.25) is 5.76 Å². The number of fused-ring (bicyclic) bond motifs is 2. The highest BCUT2D eigenvalue weighted by Gasteiger charge is 2.30. The fourth-order valence-corrected chi connectivity index (χ4v) is 5.00. The van der Waals surface area contributed by atoms with Gasteiger partial charge in [-0.1, -0.05) is 5.16 Å². The average Bonchev–Trinajstić information content (AvgIpc) is 3.18. The minimum Gasteiger partial charge on any atom is -0.350 e. The van der Waals surface area contributed by atoms with Crippen molar-refractivity contribution in [2.75, 3.05) is 13.1 Å². The molecule has 29 heavy (non-hydrogen) atoms. The van der Waals surface area contributed by atoms with Crippen LogP contribution in [0.15, 0.2) is 15.4 Å². The minimum atomic E-state index is -0.0248. The van der Waals surface area contributed by atoms with Crippen LogP contribution in [0.4, 0.5) is 0 Å². The Morgan fingerprint density at radius 3 is 2.59 bits per heavy atom. The Bertz CT molecular complexity index is 969. The third-order valence-corrected chi connectivity index (χ3v) is 6.76. The van der Waals surface area contributed by atoms with Crippen LogP contribution in [0.5, 0.6) is 0 Å². The van der Waals surface area contributed by atoms with Gasteiger partial charge in [0.1, 0.15) is 0 Å². The van der Waals surface area contributed by atoms with Gasteiger partial charge in [-0.15, -0.1) is 0 Å². The number of aryl methyl sites for hydroxylation is 3. The van der Waals surface area contributed by atoms with Crippen LogP contribution in [0, 0.1) is 5.92 Å². The molecule has 0 saturated carbocycles. The molecule has 5 rings (SSSR count). The molecule has 3 heterocycles. The van der Waals surface area contributed by atoms with E-state index in [0.29, 0.717) is 31.3 Å². The number of carbonyl (C=O) groups is 1. The Morgan fingerprint density at radius 2 is 1.76 bits per heavy atom. The third-order valence-electron chi connectivity index (χ3n) is 6.76. The average molecular weight is 396 g/mol. The molecule has 0 atom stereocenters. The van der Waals surface area contributed by atoms with E-state index in [1.165, 1.54) is 0 Å².